The normalized spacial score (nSPS) is 14.2. The number of nitrogens with zero attached hydrogens (tertiary/aromatic N) is 4. The maximum atomic E-state index is 14.1. The van der Waals surface area contributed by atoms with Crippen LogP contribution in [0.5, 0.6) is 0 Å². The van der Waals surface area contributed by atoms with Gasteiger partial charge in [0.25, 0.3) is 0 Å². The molecule has 1 amide bonds. The van der Waals surface area contributed by atoms with Crippen LogP contribution in [0.15, 0.2) is 66.9 Å². The Kier molecular flexibility index (Phi) is 5.66. The van der Waals surface area contributed by atoms with E-state index in [1.54, 1.807) is 29.7 Å². The lowest BCUT2D eigenvalue weighted by atomic mass is 10.0. The second-order valence-corrected chi connectivity index (χ2v) is 9.68. The van der Waals surface area contributed by atoms with E-state index in [-0.39, 0.29) is 11.7 Å². The highest BCUT2D eigenvalue weighted by atomic mass is 32.1. The first-order valence-electron chi connectivity index (χ1n) is 11.8. The van der Waals surface area contributed by atoms with Crippen LogP contribution in [0.1, 0.15) is 12.0 Å². The van der Waals surface area contributed by atoms with Crippen LogP contribution < -0.4 is 4.90 Å². The molecule has 0 spiro atoms. The number of piperazine rings is 1. The highest BCUT2D eigenvalue weighted by Gasteiger charge is 2.24. The van der Waals surface area contributed by atoms with Gasteiger partial charge in [-0.3, -0.25) is 4.79 Å². The number of aryl methyl sites for hydroxylation is 1. The Hall–Kier alpha value is -3.78. The van der Waals surface area contributed by atoms with Gasteiger partial charge >= 0.3 is 0 Å². The van der Waals surface area contributed by atoms with Crippen molar-refractivity contribution in [1.82, 2.24) is 19.9 Å². The largest absolute Gasteiger partial charge is 0.354 e. The molecule has 1 fully saturated rings. The molecule has 1 aliphatic rings. The second-order valence-electron chi connectivity index (χ2n) is 8.73. The van der Waals surface area contributed by atoms with Gasteiger partial charge in [0.1, 0.15) is 16.2 Å². The molecule has 6 nitrogen and oxygen atoms in total. The average Bonchev–Trinajstić information content (AvgIpc) is 3.49. The number of benzene rings is 2. The molecule has 176 valence electrons. The molecule has 0 bridgehead atoms. The number of rotatable bonds is 5. The first-order valence-corrected chi connectivity index (χ1v) is 12.6. The van der Waals surface area contributed by atoms with Crippen LogP contribution >= 0.6 is 11.3 Å². The number of H-pyrrole nitrogens is 1. The molecule has 0 saturated carbocycles. The topological polar surface area (TPSA) is 65.1 Å². The molecule has 0 radical (unpaired) electrons. The van der Waals surface area contributed by atoms with E-state index in [4.69, 9.17) is 4.98 Å². The summed E-state index contributed by atoms with van der Waals surface area (Å²) in [7, 11) is 0. The molecule has 1 N–H and O–H groups in total. The van der Waals surface area contributed by atoms with Crippen molar-refractivity contribution in [2.75, 3.05) is 31.1 Å². The molecule has 6 rings (SSSR count). The van der Waals surface area contributed by atoms with Gasteiger partial charge in [-0.05, 0) is 47.9 Å². The van der Waals surface area contributed by atoms with Crippen LogP contribution in [0.2, 0.25) is 0 Å². The van der Waals surface area contributed by atoms with Crippen LogP contribution in [0, 0.1) is 5.82 Å². The zero-order chi connectivity index (χ0) is 23.8. The number of pyridine rings is 1. The number of carbonyl (C=O) groups is 1. The minimum Gasteiger partial charge on any atom is -0.354 e. The van der Waals surface area contributed by atoms with Crippen molar-refractivity contribution in [1.29, 1.82) is 0 Å². The van der Waals surface area contributed by atoms with Crippen LogP contribution in [0.3, 0.4) is 0 Å². The number of anilines is 1. The summed E-state index contributed by atoms with van der Waals surface area (Å²) < 4.78 is 14.1. The number of carbonyl (C=O) groups excluding carboxylic acids is 1. The van der Waals surface area contributed by atoms with E-state index in [9.17, 15) is 9.18 Å². The van der Waals surface area contributed by atoms with E-state index in [1.807, 2.05) is 47.4 Å². The molecule has 8 heteroatoms. The zero-order valence-electron chi connectivity index (χ0n) is 19.1. The molecule has 0 unspecified atom stereocenters. The van der Waals surface area contributed by atoms with Crippen molar-refractivity contribution in [2.45, 2.75) is 12.8 Å². The van der Waals surface area contributed by atoms with Gasteiger partial charge in [-0.1, -0.05) is 41.7 Å². The molecule has 2 aromatic carbocycles. The SMILES string of the molecule is O=C(CCc1c(-c2ccccc2)[nH]c2ccc(F)cc12)N1CCN(c2nc3cccnc3s2)CC1. The maximum Gasteiger partial charge on any atom is 0.223 e. The van der Waals surface area contributed by atoms with E-state index in [0.29, 0.717) is 25.9 Å². The fourth-order valence-electron chi connectivity index (χ4n) is 4.76. The Morgan fingerprint density at radius 3 is 2.66 bits per heavy atom. The van der Waals surface area contributed by atoms with Gasteiger partial charge in [0.05, 0.1) is 0 Å². The zero-order valence-corrected chi connectivity index (χ0v) is 19.9. The third-order valence-electron chi connectivity index (χ3n) is 6.58. The monoisotopic (exact) mass is 485 g/mol. The van der Waals surface area contributed by atoms with Crippen LogP contribution in [0.4, 0.5) is 9.52 Å². The van der Waals surface area contributed by atoms with Gasteiger partial charge in [0, 0.05) is 55.4 Å². The van der Waals surface area contributed by atoms with Crippen molar-refractivity contribution in [3.63, 3.8) is 0 Å². The Balaban J connectivity index is 1.16. The molecular weight excluding hydrogens is 461 g/mol. The highest BCUT2D eigenvalue weighted by Crippen LogP contribution is 2.32. The number of aromatic nitrogens is 3. The van der Waals surface area contributed by atoms with Gasteiger partial charge in [0.15, 0.2) is 5.13 Å². The van der Waals surface area contributed by atoms with Gasteiger partial charge in [-0.25, -0.2) is 14.4 Å². The third kappa shape index (κ3) is 4.25. The van der Waals surface area contributed by atoms with E-state index in [0.717, 1.165) is 56.3 Å². The van der Waals surface area contributed by atoms with Gasteiger partial charge in [0.2, 0.25) is 5.91 Å². The summed E-state index contributed by atoms with van der Waals surface area (Å²) in [4.78, 5) is 30.7. The van der Waals surface area contributed by atoms with Crippen LogP contribution in [-0.4, -0.2) is 51.9 Å². The molecule has 35 heavy (non-hydrogen) atoms. The third-order valence-corrected chi connectivity index (χ3v) is 7.62. The first-order chi connectivity index (χ1) is 17.2. The summed E-state index contributed by atoms with van der Waals surface area (Å²) in [6.07, 6.45) is 2.72. The molecule has 1 aliphatic heterocycles. The summed E-state index contributed by atoms with van der Waals surface area (Å²) in [6, 6.07) is 18.7. The fraction of sp³-hybridized carbons (Fsp3) is 0.222. The number of amides is 1. The van der Waals surface area contributed by atoms with E-state index in [1.165, 1.54) is 6.07 Å². The average molecular weight is 486 g/mol. The molecular formula is C27H24FN5OS. The van der Waals surface area contributed by atoms with E-state index in [2.05, 4.69) is 14.9 Å². The number of fused-ring (bicyclic) bond motifs is 2. The number of hydrogen-bond acceptors (Lipinski definition) is 5. The molecule has 5 aromatic rings. The lowest BCUT2D eigenvalue weighted by Crippen LogP contribution is -2.48. The second kappa shape index (κ2) is 9.11. The fourth-order valence-corrected chi connectivity index (χ4v) is 5.72. The van der Waals surface area contributed by atoms with Crippen molar-refractivity contribution in [3.05, 3.63) is 78.2 Å². The van der Waals surface area contributed by atoms with Gasteiger partial charge < -0.3 is 14.8 Å². The summed E-state index contributed by atoms with van der Waals surface area (Å²) in [5.41, 5.74) is 4.76. The lowest BCUT2D eigenvalue weighted by molar-refractivity contribution is -0.131. The summed E-state index contributed by atoms with van der Waals surface area (Å²) >= 11 is 1.59. The Bertz CT molecular complexity index is 1470. The van der Waals surface area contributed by atoms with Crippen molar-refractivity contribution >= 4 is 43.6 Å². The first kappa shape index (κ1) is 21.7. The minimum atomic E-state index is -0.273. The number of hydrogen-bond donors (Lipinski definition) is 1. The molecule has 3 aromatic heterocycles. The number of thiazole rings is 1. The Morgan fingerprint density at radius 1 is 1.03 bits per heavy atom. The maximum absolute atomic E-state index is 14.1. The van der Waals surface area contributed by atoms with E-state index < -0.39 is 0 Å². The van der Waals surface area contributed by atoms with Gasteiger partial charge in [-0.2, -0.15) is 0 Å². The molecule has 4 heterocycles. The van der Waals surface area contributed by atoms with Crippen LogP contribution in [-0.2, 0) is 11.2 Å². The summed E-state index contributed by atoms with van der Waals surface area (Å²) in [6.45, 7) is 2.82. The lowest BCUT2D eigenvalue weighted by Gasteiger charge is -2.34. The van der Waals surface area contributed by atoms with Crippen molar-refractivity contribution in [3.8, 4) is 11.3 Å². The smallest absolute Gasteiger partial charge is 0.223 e. The van der Waals surface area contributed by atoms with E-state index >= 15 is 0 Å². The molecule has 0 atom stereocenters. The number of nitrogens with one attached hydrogen (secondary N) is 1. The Morgan fingerprint density at radius 2 is 1.86 bits per heavy atom. The van der Waals surface area contributed by atoms with Crippen molar-refractivity contribution in [2.24, 2.45) is 0 Å². The Labute approximate surface area is 206 Å². The minimum absolute atomic E-state index is 0.125. The predicted molar refractivity (Wildman–Crippen MR) is 138 cm³/mol. The standard InChI is InChI=1S/C27H24FN5OS/c28-19-8-10-22-21(17-19)20(25(30-22)18-5-2-1-3-6-18)9-11-24(34)32-13-15-33(16-14-32)27-31-23-7-4-12-29-26(23)35-27/h1-8,10,12,17,30H,9,11,13-16H2. The molecule has 0 aliphatic carbocycles. The number of aromatic amines is 1. The highest BCUT2D eigenvalue weighted by molar-refractivity contribution is 7.21. The molecule has 1 saturated heterocycles. The van der Waals surface area contributed by atoms with Crippen LogP contribution in [0.25, 0.3) is 32.5 Å². The van der Waals surface area contributed by atoms with Gasteiger partial charge in [-0.15, -0.1) is 0 Å². The summed E-state index contributed by atoms with van der Waals surface area (Å²) in [5.74, 6) is -0.148. The summed E-state index contributed by atoms with van der Waals surface area (Å²) in [5, 5.41) is 1.80. The van der Waals surface area contributed by atoms with Crippen molar-refractivity contribution < 1.29 is 9.18 Å². The predicted octanol–water partition coefficient (Wildman–Crippen LogP) is 5.26. The number of halogens is 1. The quantitative estimate of drug-likeness (QED) is 0.369.